The smallest absolute Gasteiger partial charge is 0.386 e. The second-order valence-electron chi connectivity index (χ2n) is 2.57. The monoisotopic (exact) mass is 144 g/mol. The molecule has 0 aromatic heterocycles. The summed E-state index contributed by atoms with van der Waals surface area (Å²) in [4.78, 5) is 0. The number of rotatable bonds is 2. The summed E-state index contributed by atoms with van der Waals surface area (Å²) >= 11 is 0. The van der Waals surface area contributed by atoms with Crippen LogP contribution in [0.3, 0.4) is 0 Å². The highest BCUT2D eigenvalue weighted by atomic mass is 16.7. The molecule has 1 saturated heterocycles. The van der Waals surface area contributed by atoms with Gasteiger partial charge in [-0.3, -0.25) is 0 Å². The topological polar surface area (TPSA) is 27.7 Å². The maximum absolute atomic E-state index is 5.25. The van der Waals surface area contributed by atoms with E-state index in [2.05, 4.69) is 0 Å². The molecule has 0 spiro atoms. The lowest BCUT2D eigenvalue weighted by molar-refractivity contribution is 0.0359. The van der Waals surface area contributed by atoms with E-state index >= 15 is 0 Å². The maximum atomic E-state index is 5.25. The zero-order valence-corrected chi connectivity index (χ0v) is 6.50. The van der Waals surface area contributed by atoms with Crippen LogP contribution < -0.4 is 0 Å². The van der Waals surface area contributed by atoms with Crippen LogP contribution in [-0.2, 0) is 14.0 Å². The van der Waals surface area contributed by atoms with Crippen LogP contribution in [-0.4, -0.2) is 26.6 Å². The van der Waals surface area contributed by atoms with Gasteiger partial charge in [-0.1, -0.05) is 0 Å². The van der Waals surface area contributed by atoms with Crippen molar-refractivity contribution in [2.75, 3.05) is 13.2 Å². The third-order valence-electron chi connectivity index (χ3n) is 1.18. The minimum Gasteiger partial charge on any atom is -0.386 e. The Morgan fingerprint density at radius 3 is 2.40 bits per heavy atom. The van der Waals surface area contributed by atoms with Gasteiger partial charge >= 0.3 is 7.32 Å². The van der Waals surface area contributed by atoms with E-state index in [1.54, 1.807) is 0 Å². The van der Waals surface area contributed by atoms with Crippen LogP contribution in [0.1, 0.15) is 20.3 Å². The van der Waals surface area contributed by atoms with Crippen molar-refractivity contribution >= 4 is 7.32 Å². The predicted molar refractivity (Wildman–Crippen MR) is 38.5 cm³/mol. The van der Waals surface area contributed by atoms with Crippen LogP contribution in [0.15, 0.2) is 0 Å². The molecular weight excluding hydrogens is 131 g/mol. The summed E-state index contributed by atoms with van der Waals surface area (Å²) in [6.07, 6.45) is 1.14. The molecule has 0 aliphatic carbocycles. The molecule has 0 N–H and O–H groups in total. The second-order valence-corrected chi connectivity index (χ2v) is 2.57. The van der Waals surface area contributed by atoms with Gasteiger partial charge in [-0.15, -0.1) is 0 Å². The molecule has 0 aromatic rings. The standard InChI is InChI=1S/C6H13BO3/c1-6(2)10-7-8-4-3-5-9-7/h6H,3-5H2,1-2H3. The van der Waals surface area contributed by atoms with Crippen LogP contribution in [0.25, 0.3) is 0 Å². The molecule has 3 nitrogen and oxygen atoms in total. The molecule has 0 saturated carbocycles. The summed E-state index contributed by atoms with van der Waals surface area (Å²) in [7, 11) is -0.422. The molecule has 1 aliphatic heterocycles. The summed E-state index contributed by atoms with van der Waals surface area (Å²) in [6.45, 7) is 5.41. The van der Waals surface area contributed by atoms with Crippen molar-refractivity contribution in [2.45, 2.75) is 26.4 Å². The van der Waals surface area contributed by atoms with Gasteiger partial charge in [-0.05, 0) is 20.3 Å². The van der Waals surface area contributed by atoms with E-state index in [1.165, 1.54) is 0 Å². The summed E-state index contributed by atoms with van der Waals surface area (Å²) in [5.41, 5.74) is 0. The molecule has 1 heterocycles. The second kappa shape index (κ2) is 3.96. The minimum absolute atomic E-state index is 0.170. The maximum Gasteiger partial charge on any atom is 0.639 e. The Morgan fingerprint density at radius 2 is 1.90 bits per heavy atom. The Kier molecular flexibility index (Phi) is 3.18. The molecule has 4 heteroatoms. The SMILES string of the molecule is CC(C)OB1OCCCO1. The van der Waals surface area contributed by atoms with E-state index in [9.17, 15) is 0 Å². The molecule has 1 rings (SSSR count). The first kappa shape index (κ1) is 8.05. The fourth-order valence-corrected chi connectivity index (χ4v) is 0.767. The molecule has 1 fully saturated rings. The first-order chi connectivity index (χ1) is 4.79. The summed E-state index contributed by atoms with van der Waals surface area (Å²) in [5, 5.41) is 0. The largest absolute Gasteiger partial charge is 0.639 e. The zero-order valence-electron chi connectivity index (χ0n) is 6.50. The van der Waals surface area contributed by atoms with Gasteiger partial charge in [0, 0.05) is 19.3 Å². The van der Waals surface area contributed by atoms with Gasteiger partial charge in [0.1, 0.15) is 0 Å². The predicted octanol–water partition coefficient (Wildman–Crippen LogP) is 0.833. The van der Waals surface area contributed by atoms with Crippen molar-refractivity contribution in [2.24, 2.45) is 0 Å². The van der Waals surface area contributed by atoms with E-state index < -0.39 is 7.32 Å². The van der Waals surface area contributed by atoms with Crippen LogP contribution in [0, 0.1) is 0 Å². The molecule has 0 bridgehead atoms. The van der Waals surface area contributed by atoms with Gasteiger partial charge in [0.05, 0.1) is 0 Å². The molecule has 0 atom stereocenters. The normalized spacial score (nSPS) is 20.1. The first-order valence-corrected chi connectivity index (χ1v) is 3.67. The molecule has 0 unspecified atom stereocenters. The van der Waals surface area contributed by atoms with Gasteiger partial charge in [0.25, 0.3) is 0 Å². The highest BCUT2D eigenvalue weighted by molar-refractivity contribution is 6.36. The van der Waals surface area contributed by atoms with Gasteiger partial charge < -0.3 is 14.0 Å². The van der Waals surface area contributed by atoms with Crippen molar-refractivity contribution in [3.63, 3.8) is 0 Å². The molecule has 1 aliphatic rings. The molecule has 0 amide bonds. The summed E-state index contributed by atoms with van der Waals surface area (Å²) in [6, 6.07) is 0. The Labute approximate surface area is 61.8 Å². The Morgan fingerprint density at radius 1 is 1.30 bits per heavy atom. The third kappa shape index (κ3) is 2.69. The van der Waals surface area contributed by atoms with Crippen molar-refractivity contribution < 1.29 is 14.0 Å². The van der Waals surface area contributed by atoms with Gasteiger partial charge in [-0.2, -0.15) is 0 Å². The Balaban J connectivity index is 2.13. The lowest BCUT2D eigenvalue weighted by atomic mass is 10.2. The van der Waals surface area contributed by atoms with E-state index in [4.69, 9.17) is 14.0 Å². The fourth-order valence-electron chi connectivity index (χ4n) is 0.767. The lowest BCUT2D eigenvalue weighted by Crippen LogP contribution is -2.34. The highest BCUT2D eigenvalue weighted by Gasteiger charge is 2.25. The average Bonchev–Trinajstić information content (AvgIpc) is 1.88. The fraction of sp³-hybridized carbons (Fsp3) is 1.00. The molecule has 0 aromatic carbocycles. The number of hydrogen-bond donors (Lipinski definition) is 0. The van der Waals surface area contributed by atoms with Crippen molar-refractivity contribution in [1.82, 2.24) is 0 Å². The zero-order chi connectivity index (χ0) is 7.40. The Bertz CT molecular complexity index is 91.0. The number of hydrogen-bond acceptors (Lipinski definition) is 3. The van der Waals surface area contributed by atoms with Crippen molar-refractivity contribution in [3.8, 4) is 0 Å². The van der Waals surface area contributed by atoms with Gasteiger partial charge in [0.2, 0.25) is 0 Å². The quantitative estimate of drug-likeness (QED) is 0.537. The van der Waals surface area contributed by atoms with E-state index in [0.29, 0.717) is 0 Å². The van der Waals surface area contributed by atoms with Crippen LogP contribution in [0.4, 0.5) is 0 Å². The van der Waals surface area contributed by atoms with Gasteiger partial charge in [-0.25, -0.2) is 0 Å². The van der Waals surface area contributed by atoms with Gasteiger partial charge in [0.15, 0.2) is 0 Å². The van der Waals surface area contributed by atoms with Crippen LogP contribution in [0.2, 0.25) is 0 Å². The van der Waals surface area contributed by atoms with E-state index in [-0.39, 0.29) is 6.10 Å². The molecule has 0 radical (unpaired) electrons. The van der Waals surface area contributed by atoms with E-state index in [1.807, 2.05) is 13.8 Å². The lowest BCUT2D eigenvalue weighted by Gasteiger charge is -2.20. The van der Waals surface area contributed by atoms with Crippen molar-refractivity contribution in [1.29, 1.82) is 0 Å². The molecule has 10 heavy (non-hydrogen) atoms. The van der Waals surface area contributed by atoms with Crippen molar-refractivity contribution in [3.05, 3.63) is 0 Å². The molecular formula is C6H13BO3. The summed E-state index contributed by atoms with van der Waals surface area (Å²) < 4.78 is 15.5. The Hall–Kier alpha value is -0.0551. The first-order valence-electron chi connectivity index (χ1n) is 3.67. The highest BCUT2D eigenvalue weighted by Crippen LogP contribution is 2.04. The molecule has 58 valence electrons. The minimum atomic E-state index is -0.422. The van der Waals surface area contributed by atoms with Crippen LogP contribution in [0.5, 0.6) is 0 Å². The van der Waals surface area contributed by atoms with Crippen LogP contribution >= 0.6 is 0 Å². The average molecular weight is 144 g/mol. The van der Waals surface area contributed by atoms with E-state index in [0.717, 1.165) is 19.6 Å². The summed E-state index contributed by atoms with van der Waals surface area (Å²) in [5.74, 6) is 0. The third-order valence-corrected chi connectivity index (χ3v) is 1.18.